The fourth-order valence-corrected chi connectivity index (χ4v) is 2.37. The van der Waals surface area contributed by atoms with Gasteiger partial charge in [0.25, 0.3) is 11.8 Å². The maximum absolute atomic E-state index is 12.8. The summed E-state index contributed by atoms with van der Waals surface area (Å²) in [5.41, 5.74) is 1.38. The third-order valence-corrected chi connectivity index (χ3v) is 3.65. The van der Waals surface area contributed by atoms with Crippen molar-refractivity contribution in [3.8, 4) is 0 Å². The standard InChI is InChI=1S/C17H13BrF3N3O2/c18-13-6-3-5-11(8-13)16(26)22-10-15(25)24-23-9-12-4-1-2-7-14(12)17(19,20)21/h1-9H,10H2,(H,22,26)(H,24,25)/b23-9+. The zero-order valence-electron chi connectivity index (χ0n) is 13.2. The second kappa shape index (κ2) is 8.61. The highest BCUT2D eigenvalue weighted by atomic mass is 79.9. The molecule has 0 atom stereocenters. The zero-order chi connectivity index (χ0) is 19.2. The fraction of sp³-hybridized carbons (Fsp3) is 0.118. The summed E-state index contributed by atoms with van der Waals surface area (Å²) in [5, 5.41) is 5.88. The van der Waals surface area contributed by atoms with E-state index in [1.807, 2.05) is 0 Å². The van der Waals surface area contributed by atoms with Gasteiger partial charge in [-0.3, -0.25) is 9.59 Å². The molecule has 0 saturated carbocycles. The van der Waals surface area contributed by atoms with E-state index in [0.29, 0.717) is 10.0 Å². The van der Waals surface area contributed by atoms with Crippen LogP contribution in [0.25, 0.3) is 0 Å². The third kappa shape index (κ3) is 5.69. The number of nitrogens with one attached hydrogen (secondary N) is 2. The Kier molecular flexibility index (Phi) is 6.51. The summed E-state index contributed by atoms with van der Waals surface area (Å²) in [6.45, 7) is -0.371. The van der Waals surface area contributed by atoms with Crippen molar-refractivity contribution in [1.29, 1.82) is 0 Å². The Morgan fingerprint density at radius 2 is 1.85 bits per heavy atom. The van der Waals surface area contributed by atoms with Crippen molar-refractivity contribution in [2.75, 3.05) is 6.54 Å². The van der Waals surface area contributed by atoms with Gasteiger partial charge in [0, 0.05) is 15.6 Å². The van der Waals surface area contributed by atoms with Crippen LogP contribution in [0.15, 0.2) is 58.1 Å². The van der Waals surface area contributed by atoms with Crippen molar-refractivity contribution in [3.63, 3.8) is 0 Å². The van der Waals surface area contributed by atoms with Crippen molar-refractivity contribution in [2.24, 2.45) is 5.10 Å². The highest BCUT2D eigenvalue weighted by molar-refractivity contribution is 9.10. The van der Waals surface area contributed by atoms with E-state index in [2.05, 4.69) is 31.8 Å². The Morgan fingerprint density at radius 1 is 1.12 bits per heavy atom. The Morgan fingerprint density at radius 3 is 2.54 bits per heavy atom. The van der Waals surface area contributed by atoms with E-state index in [4.69, 9.17) is 0 Å². The molecule has 0 bridgehead atoms. The van der Waals surface area contributed by atoms with Crippen LogP contribution < -0.4 is 10.7 Å². The van der Waals surface area contributed by atoms with E-state index in [9.17, 15) is 22.8 Å². The van der Waals surface area contributed by atoms with E-state index in [1.54, 1.807) is 24.3 Å². The molecule has 0 aliphatic heterocycles. The second-order valence-corrected chi connectivity index (χ2v) is 5.99. The Hall–Kier alpha value is -2.68. The van der Waals surface area contributed by atoms with Crippen molar-refractivity contribution >= 4 is 34.0 Å². The normalized spacial score (nSPS) is 11.4. The van der Waals surface area contributed by atoms with Crippen molar-refractivity contribution in [1.82, 2.24) is 10.7 Å². The molecule has 2 N–H and O–H groups in total. The van der Waals surface area contributed by atoms with Crippen LogP contribution in [0.3, 0.4) is 0 Å². The summed E-state index contributed by atoms with van der Waals surface area (Å²) in [5.74, 6) is -1.14. The number of carbonyl (C=O) groups excluding carboxylic acids is 2. The van der Waals surface area contributed by atoms with Gasteiger partial charge in [-0.25, -0.2) is 5.43 Å². The molecular weight excluding hydrogens is 415 g/mol. The first-order valence-electron chi connectivity index (χ1n) is 7.29. The topological polar surface area (TPSA) is 70.6 Å². The van der Waals surface area contributed by atoms with Gasteiger partial charge in [-0.05, 0) is 24.3 Å². The summed E-state index contributed by atoms with van der Waals surface area (Å²) >= 11 is 3.23. The zero-order valence-corrected chi connectivity index (χ0v) is 14.8. The summed E-state index contributed by atoms with van der Waals surface area (Å²) in [6.07, 6.45) is -3.62. The molecule has 2 rings (SSSR count). The smallest absolute Gasteiger partial charge is 0.343 e. The first-order chi connectivity index (χ1) is 12.3. The molecule has 9 heteroatoms. The molecule has 2 aromatic carbocycles. The molecule has 0 spiro atoms. The minimum absolute atomic E-state index is 0.182. The van der Waals surface area contributed by atoms with Gasteiger partial charge in [-0.15, -0.1) is 0 Å². The molecule has 0 aliphatic rings. The van der Waals surface area contributed by atoms with E-state index < -0.39 is 23.6 Å². The predicted molar refractivity (Wildman–Crippen MR) is 93.7 cm³/mol. The van der Waals surface area contributed by atoms with E-state index in [-0.39, 0.29) is 12.1 Å². The molecule has 0 heterocycles. The molecule has 136 valence electrons. The van der Waals surface area contributed by atoms with E-state index in [1.165, 1.54) is 18.2 Å². The number of nitrogens with zero attached hydrogens (tertiary/aromatic N) is 1. The number of alkyl halides is 3. The predicted octanol–water partition coefficient (Wildman–Crippen LogP) is 3.35. The van der Waals surface area contributed by atoms with Gasteiger partial charge in [0.2, 0.25) is 0 Å². The minimum atomic E-state index is -4.52. The van der Waals surface area contributed by atoms with E-state index in [0.717, 1.165) is 12.3 Å². The average Bonchev–Trinajstić information content (AvgIpc) is 2.59. The maximum atomic E-state index is 12.8. The SMILES string of the molecule is O=C(CNC(=O)c1cccc(Br)c1)N/N=C/c1ccccc1C(F)(F)F. The lowest BCUT2D eigenvalue weighted by molar-refractivity contribution is -0.137. The Balaban J connectivity index is 1.89. The number of halogens is 4. The molecule has 5 nitrogen and oxygen atoms in total. The quantitative estimate of drug-likeness (QED) is 0.567. The van der Waals surface area contributed by atoms with Gasteiger partial charge in [-0.2, -0.15) is 18.3 Å². The van der Waals surface area contributed by atoms with Gasteiger partial charge in [0.05, 0.1) is 18.3 Å². The summed E-state index contributed by atoms with van der Waals surface area (Å²) < 4.78 is 39.2. The van der Waals surface area contributed by atoms with Crippen LogP contribution in [0.1, 0.15) is 21.5 Å². The molecule has 2 amide bonds. The maximum Gasteiger partial charge on any atom is 0.417 e. The largest absolute Gasteiger partial charge is 0.417 e. The van der Waals surface area contributed by atoms with Crippen LogP contribution in [0.2, 0.25) is 0 Å². The number of carbonyl (C=O) groups is 2. The average molecular weight is 428 g/mol. The van der Waals surface area contributed by atoms with Crippen molar-refractivity contribution in [2.45, 2.75) is 6.18 Å². The Labute approximate surface area is 155 Å². The van der Waals surface area contributed by atoms with E-state index >= 15 is 0 Å². The molecule has 26 heavy (non-hydrogen) atoms. The highest BCUT2D eigenvalue weighted by Crippen LogP contribution is 2.30. The second-order valence-electron chi connectivity index (χ2n) is 5.07. The molecule has 0 aromatic heterocycles. The van der Waals surface area contributed by atoms with Crippen LogP contribution in [-0.2, 0) is 11.0 Å². The van der Waals surface area contributed by atoms with Crippen LogP contribution >= 0.6 is 15.9 Å². The number of rotatable bonds is 5. The van der Waals surface area contributed by atoms with Gasteiger partial charge >= 0.3 is 6.18 Å². The molecular formula is C17H13BrF3N3O2. The van der Waals surface area contributed by atoms with Gasteiger partial charge in [-0.1, -0.05) is 40.2 Å². The number of benzene rings is 2. The highest BCUT2D eigenvalue weighted by Gasteiger charge is 2.32. The van der Waals surface area contributed by atoms with Crippen LogP contribution in [0.4, 0.5) is 13.2 Å². The van der Waals surface area contributed by atoms with Gasteiger partial charge in [0.1, 0.15) is 0 Å². The monoisotopic (exact) mass is 427 g/mol. The summed E-state index contributed by atoms with van der Waals surface area (Å²) in [7, 11) is 0. The first-order valence-corrected chi connectivity index (χ1v) is 8.08. The number of hydrogen-bond donors (Lipinski definition) is 2. The van der Waals surface area contributed by atoms with Crippen LogP contribution in [0.5, 0.6) is 0 Å². The minimum Gasteiger partial charge on any atom is -0.343 e. The Bertz CT molecular complexity index is 838. The number of hydrazone groups is 1. The lowest BCUT2D eigenvalue weighted by Gasteiger charge is -2.09. The summed E-state index contributed by atoms with van der Waals surface area (Å²) in [4.78, 5) is 23.5. The molecule has 0 saturated heterocycles. The lowest BCUT2D eigenvalue weighted by Crippen LogP contribution is -2.34. The summed E-state index contributed by atoms with van der Waals surface area (Å²) in [6, 6.07) is 11.4. The molecule has 2 aromatic rings. The van der Waals surface area contributed by atoms with Crippen LogP contribution in [-0.4, -0.2) is 24.6 Å². The van der Waals surface area contributed by atoms with Crippen molar-refractivity contribution in [3.05, 3.63) is 69.7 Å². The lowest BCUT2D eigenvalue weighted by atomic mass is 10.1. The molecule has 0 fully saturated rings. The van der Waals surface area contributed by atoms with Gasteiger partial charge in [0.15, 0.2) is 0 Å². The number of amides is 2. The fourth-order valence-electron chi connectivity index (χ4n) is 1.97. The third-order valence-electron chi connectivity index (χ3n) is 3.16. The molecule has 0 unspecified atom stereocenters. The molecule has 0 radical (unpaired) electrons. The first kappa shape index (κ1) is 19.6. The number of hydrogen-bond acceptors (Lipinski definition) is 3. The molecule has 0 aliphatic carbocycles. The van der Waals surface area contributed by atoms with Crippen LogP contribution in [0, 0.1) is 0 Å². The van der Waals surface area contributed by atoms with Gasteiger partial charge < -0.3 is 5.32 Å². The van der Waals surface area contributed by atoms with Crippen molar-refractivity contribution < 1.29 is 22.8 Å².